The van der Waals surface area contributed by atoms with E-state index < -0.39 is 11.8 Å². The number of carbonyl (C=O) groups is 2. The molecule has 2 N–H and O–H groups in total. The lowest BCUT2D eigenvalue weighted by Crippen LogP contribution is -2.54. The summed E-state index contributed by atoms with van der Waals surface area (Å²) < 4.78 is 0. The zero-order valence-corrected chi connectivity index (χ0v) is 14.1. The van der Waals surface area contributed by atoms with Gasteiger partial charge in [0.1, 0.15) is 0 Å². The summed E-state index contributed by atoms with van der Waals surface area (Å²) in [7, 11) is 0. The number of fused-ring (bicyclic) bond motifs is 3. The van der Waals surface area contributed by atoms with Gasteiger partial charge in [-0.05, 0) is 55.5 Å². The molecule has 0 aromatic heterocycles. The highest BCUT2D eigenvalue weighted by Crippen LogP contribution is 2.43. The zero-order valence-electron chi connectivity index (χ0n) is 14.1. The molecule has 3 aliphatic rings. The number of hydrogen-bond donors (Lipinski definition) is 1. The van der Waals surface area contributed by atoms with Crippen LogP contribution in [0.5, 0.6) is 0 Å². The van der Waals surface area contributed by atoms with Gasteiger partial charge < -0.3 is 15.5 Å². The molecule has 4 atom stereocenters. The predicted molar refractivity (Wildman–Crippen MR) is 92.8 cm³/mol. The van der Waals surface area contributed by atoms with Gasteiger partial charge in [0.2, 0.25) is 11.8 Å². The van der Waals surface area contributed by atoms with Crippen molar-refractivity contribution in [3.63, 3.8) is 0 Å². The maximum Gasteiger partial charge on any atom is 0.235 e. The van der Waals surface area contributed by atoms with E-state index >= 15 is 0 Å². The summed E-state index contributed by atoms with van der Waals surface area (Å²) >= 11 is 0. The van der Waals surface area contributed by atoms with Crippen LogP contribution in [-0.4, -0.2) is 42.4 Å². The number of amides is 2. The van der Waals surface area contributed by atoms with Crippen LogP contribution in [0.2, 0.25) is 0 Å². The van der Waals surface area contributed by atoms with E-state index in [1.165, 1.54) is 12.8 Å². The number of primary amides is 1. The van der Waals surface area contributed by atoms with Gasteiger partial charge in [-0.15, -0.1) is 0 Å². The van der Waals surface area contributed by atoms with Crippen LogP contribution in [0, 0.1) is 17.2 Å². The van der Waals surface area contributed by atoms with Crippen LogP contribution in [-0.2, 0) is 9.59 Å². The van der Waals surface area contributed by atoms with E-state index in [0.717, 1.165) is 37.3 Å². The number of benzene rings is 1. The van der Waals surface area contributed by atoms with Gasteiger partial charge in [0, 0.05) is 31.2 Å². The number of hydrogen-bond acceptors (Lipinski definition) is 4. The van der Waals surface area contributed by atoms with Crippen LogP contribution in [0.1, 0.15) is 42.7 Å². The van der Waals surface area contributed by atoms with Gasteiger partial charge in [-0.25, -0.2) is 0 Å². The van der Waals surface area contributed by atoms with Crippen LogP contribution in [0.15, 0.2) is 18.2 Å². The van der Waals surface area contributed by atoms with Crippen molar-refractivity contribution in [3.05, 3.63) is 29.3 Å². The second-order valence-electron chi connectivity index (χ2n) is 7.47. The Kier molecular flexibility index (Phi) is 3.97. The molecule has 2 bridgehead atoms. The molecule has 3 heterocycles. The summed E-state index contributed by atoms with van der Waals surface area (Å²) in [5, 5.41) is 9.18. The van der Waals surface area contributed by atoms with E-state index in [-0.39, 0.29) is 18.4 Å². The summed E-state index contributed by atoms with van der Waals surface area (Å²) in [6, 6.07) is 7.59. The Morgan fingerprint density at radius 2 is 2.20 bits per heavy atom. The van der Waals surface area contributed by atoms with Gasteiger partial charge in [0.15, 0.2) is 0 Å². The number of nitrogens with two attached hydrogens (primary N) is 1. The fraction of sp³-hybridized carbons (Fsp3) is 0.526. The molecule has 130 valence electrons. The number of piperidine rings is 2. The molecule has 0 saturated carbocycles. The summed E-state index contributed by atoms with van der Waals surface area (Å²) in [5.74, 6) is -0.456. The van der Waals surface area contributed by atoms with Crippen LogP contribution >= 0.6 is 0 Å². The molecule has 0 aliphatic carbocycles. The first-order valence-electron chi connectivity index (χ1n) is 8.94. The Balaban J connectivity index is 1.70. The van der Waals surface area contributed by atoms with Gasteiger partial charge in [0.05, 0.1) is 17.6 Å². The number of rotatable bonds is 3. The highest BCUT2D eigenvalue weighted by Gasteiger charge is 2.44. The molecule has 1 aromatic rings. The second kappa shape index (κ2) is 6.16. The molecule has 4 rings (SSSR count). The summed E-state index contributed by atoms with van der Waals surface area (Å²) in [6.07, 6.45) is 3.46. The highest BCUT2D eigenvalue weighted by molar-refractivity contribution is 6.07. The fourth-order valence-electron chi connectivity index (χ4n) is 4.77. The quantitative estimate of drug-likeness (QED) is 0.901. The SMILES string of the molecule is N#Cc1ccc2c(c1)C(CC(N)=O)C(=O)N2C1CC2CCCN(C2)C1. The van der Waals surface area contributed by atoms with Gasteiger partial charge in [-0.2, -0.15) is 5.26 Å². The van der Waals surface area contributed by atoms with E-state index in [2.05, 4.69) is 11.0 Å². The molecule has 4 unspecified atom stereocenters. The topological polar surface area (TPSA) is 90.4 Å². The fourth-order valence-corrected chi connectivity index (χ4v) is 4.77. The van der Waals surface area contributed by atoms with Crippen molar-refractivity contribution in [2.75, 3.05) is 24.5 Å². The minimum atomic E-state index is -0.558. The van der Waals surface area contributed by atoms with E-state index in [1.54, 1.807) is 12.1 Å². The Labute approximate surface area is 147 Å². The molecule has 0 radical (unpaired) electrons. The van der Waals surface area contributed by atoms with Crippen molar-refractivity contribution in [2.24, 2.45) is 11.7 Å². The van der Waals surface area contributed by atoms with Crippen LogP contribution in [0.3, 0.4) is 0 Å². The minimum absolute atomic E-state index is 0.00290. The third-order valence-corrected chi connectivity index (χ3v) is 5.78. The Hall–Kier alpha value is -2.39. The van der Waals surface area contributed by atoms with Crippen molar-refractivity contribution < 1.29 is 9.59 Å². The first kappa shape index (κ1) is 16.1. The maximum atomic E-state index is 13.1. The number of nitriles is 1. The van der Waals surface area contributed by atoms with Crippen molar-refractivity contribution in [3.8, 4) is 6.07 Å². The van der Waals surface area contributed by atoms with E-state index in [9.17, 15) is 14.9 Å². The molecule has 0 spiro atoms. The van der Waals surface area contributed by atoms with E-state index in [0.29, 0.717) is 11.5 Å². The Morgan fingerprint density at radius 3 is 2.92 bits per heavy atom. The maximum absolute atomic E-state index is 13.1. The molecule has 1 aromatic carbocycles. The van der Waals surface area contributed by atoms with Crippen LogP contribution in [0.25, 0.3) is 0 Å². The first-order valence-corrected chi connectivity index (χ1v) is 8.94. The van der Waals surface area contributed by atoms with Gasteiger partial charge in [0.25, 0.3) is 0 Å². The summed E-state index contributed by atoms with van der Waals surface area (Å²) in [4.78, 5) is 28.9. The Bertz CT molecular complexity index is 757. The normalized spacial score (nSPS) is 30.7. The standard InChI is InChI=1S/C19H22N4O2/c20-9-12-3-4-17-15(7-12)16(8-18(21)24)19(25)23(17)14-6-13-2-1-5-22(10-13)11-14/h3-4,7,13-14,16H,1-2,5-6,8,10-11H2,(H2,21,24). The third-order valence-electron chi connectivity index (χ3n) is 5.78. The molecule has 2 saturated heterocycles. The summed E-state index contributed by atoms with van der Waals surface area (Å²) in [5.41, 5.74) is 7.50. The lowest BCUT2D eigenvalue weighted by atomic mass is 9.86. The van der Waals surface area contributed by atoms with Crippen LogP contribution in [0.4, 0.5) is 5.69 Å². The number of nitrogens with zero attached hydrogens (tertiary/aromatic N) is 3. The molecule has 2 amide bonds. The second-order valence-corrected chi connectivity index (χ2v) is 7.47. The molecular weight excluding hydrogens is 316 g/mol. The lowest BCUT2D eigenvalue weighted by Gasteiger charge is -2.44. The van der Waals surface area contributed by atoms with E-state index in [4.69, 9.17) is 5.73 Å². The zero-order chi connectivity index (χ0) is 17.6. The predicted octanol–water partition coefficient (Wildman–Crippen LogP) is 1.35. The van der Waals surface area contributed by atoms with Crippen molar-refractivity contribution in [2.45, 2.75) is 37.6 Å². The van der Waals surface area contributed by atoms with Crippen LogP contribution < -0.4 is 10.6 Å². The highest BCUT2D eigenvalue weighted by atomic mass is 16.2. The molecule has 3 aliphatic heterocycles. The molecule has 6 heteroatoms. The molecule has 25 heavy (non-hydrogen) atoms. The first-order chi connectivity index (χ1) is 12.1. The number of carbonyl (C=O) groups excluding carboxylic acids is 2. The average Bonchev–Trinajstić information content (AvgIpc) is 2.85. The number of anilines is 1. The van der Waals surface area contributed by atoms with Gasteiger partial charge in [-0.1, -0.05) is 0 Å². The van der Waals surface area contributed by atoms with Gasteiger partial charge in [-0.3, -0.25) is 9.59 Å². The largest absolute Gasteiger partial charge is 0.370 e. The molecular formula is C19H22N4O2. The van der Waals surface area contributed by atoms with Crippen molar-refractivity contribution in [1.29, 1.82) is 5.26 Å². The smallest absolute Gasteiger partial charge is 0.235 e. The average molecular weight is 338 g/mol. The Morgan fingerprint density at radius 1 is 1.36 bits per heavy atom. The van der Waals surface area contributed by atoms with Crippen molar-refractivity contribution in [1.82, 2.24) is 4.90 Å². The lowest BCUT2D eigenvalue weighted by molar-refractivity contribution is -0.124. The molecule has 6 nitrogen and oxygen atoms in total. The summed E-state index contributed by atoms with van der Waals surface area (Å²) in [6.45, 7) is 3.11. The van der Waals surface area contributed by atoms with Gasteiger partial charge >= 0.3 is 0 Å². The third kappa shape index (κ3) is 2.79. The minimum Gasteiger partial charge on any atom is -0.370 e. The monoisotopic (exact) mass is 338 g/mol. The van der Waals surface area contributed by atoms with E-state index in [1.807, 2.05) is 11.0 Å². The molecule has 2 fully saturated rings. The van der Waals surface area contributed by atoms with Crippen molar-refractivity contribution >= 4 is 17.5 Å².